The first kappa shape index (κ1) is 14.6. The molecule has 0 saturated heterocycles. The van der Waals surface area contributed by atoms with E-state index in [9.17, 15) is 19.3 Å². The number of nitro groups is 1. The number of aryl methyl sites for hydroxylation is 1. The number of nitro benzene ring substituents is 1. The molecule has 0 aliphatic carbocycles. The smallest absolute Gasteiger partial charge is 0.285 e. The van der Waals surface area contributed by atoms with Gasteiger partial charge in [-0.1, -0.05) is 24.3 Å². The predicted molar refractivity (Wildman–Crippen MR) is 75.4 cm³/mol. The van der Waals surface area contributed by atoms with Crippen molar-refractivity contribution in [2.75, 3.05) is 0 Å². The van der Waals surface area contributed by atoms with Crippen LogP contribution in [0.1, 0.15) is 21.5 Å². The lowest BCUT2D eigenvalue weighted by Gasteiger charge is -2.07. The molecule has 2 rings (SSSR count). The van der Waals surface area contributed by atoms with Gasteiger partial charge in [0.2, 0.25) is 0 Å². The summed E-state index contributed by atoms with van der Waals surface area (Å²) < 4.78 is 12.8. The Morgan fingerprint density at radius 1 is 1.24 bits per heavy atom. The van der Waals surface area contributed by atoms with Crippen molar-refractivity contribution < 1.29 is 14.1 Å². The molecule has 108 valence electrons. The van der Waals surface area contributed by atoms with Gasteiger partial charge in [-0.05, 0) is 30.7 Å². The average molecular weight is 288 g/mol. The van der Waals surface area contributed by atoms with Crippen LogP contribution in [0.15, 0.2) is 42.5 Å². The first-order valence-electron chi connectivity index (χ1n) is 6.25. The van der Waals surface area contributed by atoms with Crippen molar-refractivity contribution >= 4 is 11.6 Å². The van der Waals surface area contributed by atoms with E-state index in [1.165, 1.54) is 18.2 Å². The Hall–Kier alpha value is -2.76. The van der Waals surface area contributed by atoms with Gasteiger partial charge in [0.15, 0.2) is 0 Å². The molecule has 2 aromatic rings. The summed E-state index contributed by atoms with van der Waals surface area (Å²) in [6, 6.07) is 10.2. The van der Waals surface area contributed by atoms with Gasteiger partial charge >= 0.3 is 0 Å². The van der Waals surface area contributed by atoms with Crippen LogP contribution >= 0.6 is 0 Å². The molecule has 0 atom stereocenters. The van der Waals surface area contributed by atoms with Gasteiger partial charge in [0.1, 0.15) is 11.4 Å². The number of benzene rings is 2. The third-order valence-electron chi connectivity index (χ3n) is 3.03. The summed E-state index contributed by atoms with van der Waals surface area (Å²) >= 11 is 0. The third kappa shape index (κ3) is 3.42. The number of hydrogen-bond donors (Lipinski definition) is 1. The van der Waals surface area contributed by atoms with E-state index in [0.717, 1.165) is 0 Å². The molecule has 1 amide bonds. The number of rotatable bonds is 4. The summed E-state index contributed by atoms with van der Waals surface area (Å²) in [6.07, 6.45) is 0. The fraction of sp³-hybridized carbons (Fsp3) is 0.133. The van der Waals surface area contributed by atoms with E-state index in [4.69, 9.17) is 0 Å². The van der Waals surface area contributed by atoms with Crippen LogP contribution in [0.3, 0.4) is 0 Å². The molecule has 5 nitrogen and oxygen atoms in total. The Balaban J connectivity index is 2.16. The lowest BCUT2D eigenvalue weighted by Crippen LogP contribution is -2.24. The quantitative estimate of drug-likeness (QED) is 0.694. The highest BCUT2D eigenvalue weighted by molar-refractivity contribution is 5.98. The zero-order chi connectivity index (χ0) is 15.4. The van der Waals surface area contributed by atoms with Gasteiger partial charge in [0.25, 0.3) is 11.6 Å². The van der Waals surface area contributed by atoms with E-state index in [1.54, 1.807) is 31.2 Å². The Morgan fingerprint density at radius 2 is 1.90 bits per heavy atom. The van der Waals surface area contributed by atoms with Crippen molar-refractivity contribution in [1.29, 1.82) is 0 Å². The molecule has 0 bridgehead atoms. The molecule has 0 heterocycles. The van der Waals surface area contributed by atoms with Crippen LogP contribution in [-0.4, -0.2) is 10.8 Å². The van der Waals surface area contributed by atoms with Crippen molar-refractivity contribution in [1.82, 2.24) is 5.32 Å². The summed E-state index contributed by atoms with van der Waals surface area (Å²) in [4.78, 5) is 22.5. The second-order valence-corrected chi connectivity index (χ2v) is 4.54. The maximum absolute atomic E-state index is 12.8. The Kier molecular flexibility index (Phi) is 4.27. The van der Waals surface area contributed by atoms with E-state index < -0.39 is 10.8 Å². The molecule has 0 radical (unpaired) electrons. The molecule has 0 saturated carbocycles. The van der Waals surface area contributed by atoms with Crippen LogP contribution in [0, 0.1) is 22.9 Å². The number of amides is 1. The largest absolute Gasteiger partial charge is 0.348 e. The van der Waals surface area contributed by atoms with Crippen LogP contribution in [0.5, 0.6) is 0 Å². The standard InChI is InChI=1S/C15H13FN2O3/c1-10-3-2-4-13(14(10)18(20)21)15(19)17-9-11-5-7-12(16)8-6-11/h2-8H,9H2,1H3,(H,17,19). The first-order chi connectivity index (χ1) is 9.99. The Bertz CT molecular complexity index is 684. The summed E-state index contributed by atoms with van der Waals surface area (Å²) in [5, 5.41) is 13.6. The number of carbonyl (C=O) groups excluding carboxylic acids is 1. The van der Waals surface area contributed by atoms with E-state index in [0.29, 0.717) is 11.1 Å². The highest BCUT2D eigenvalue weighted by Gasteiger charge is 2.21. The fourth-order valence-corrected chi connectivity index (χ4v) is 1.96. The lowest BCUT2D eigenvalue weighted by molar-refractivity contribution is -0.385. The lowest BCUT2D eigenvalue weighted by atomic mass is 10.1. The highest BCUT2D eigenvalue weighted by Crippen LogP contribution is 2.22. The molecule has 21 heavy (non-hydrogen) atoms. The van der Waals surface area contributed by atoms with Crippen LogP contribution in [-0.2, 0) is 6.54 Å². The summed E-state index contributed by atoms with van der Waals surface area (Å²) in [5.41, 5.74) is 0.950. The highest BCUT2D eigenvalue weighted by atomic mass is 19.1. The second kappa shape index (κ2) is 6.13. The Labute approximate surface area is 120 Å². The number of hydrogen-bond acceptors (Lipinski definition) is 3. The van der Waals surface area contributed by atoms with Gasteiger partial charge in [-0.15, -0.1) is 0 Å². The minimum atomic E-state index is -0.567. The van der Waals surface area contributed by atoms with Gasteiger partial charge in [-0.2, -0.15) is 0 Å². The molecule has 0 aliphatic heterocycles. The fourth-order valence-electron chi connectivity index (χ4n) is 1.96. The summed E-state index contributed by atoms with van der Waals surface area (Å²) in [7, 11) is 0. The molecule has 0 fully saturated rings. The molecule has 0 unspecified atom stereocenters. The average Bonchev–Trinajstić information content (AvgIpc) is 2.45. The zero-order valence-electron chi connectivity index (χ0n) is 11.3. The second-order valence-electron chi connectivity index (χ2n) is 4.54. The van der Waals surface area contributed by atoms with Crippen molar-refractivity contribution in [3.63, 3.8) is 0 Å². The van der Waals surface area contributed by atoms with Gasteiger partial charge in [0, 0.05) is 12.1 Å². The van der Waals surface area contributed by atoms with Crippen LogP contribution < -0.4 is 5.32 Å². The first-order valence-corrected chi connectivity index (χ1v) is 6.25. The minimum absolute atomic E-state index is 0.0158. The van der Waals surface area contributed by atoms with Gasteiger partial charge in [0.05, 0.1) is 4.92 Å². The summed E-state index contributed by atoms with van der Waals surface area (Å²) in [5.74, 6) is -0.894. The zero-order valence-corrected chi connectivity index (χ0v) is 11.3. The molecule has 1 N–H and O–H groups in total. The number of para-hydroxylation sites is 1. The van der Waals surface area contributed by atoms with Gasteiger partial charge in [-0.3, -0.25) is 14.9 Å². The van der Waals surface area contributed by atoms with Crippen LogP contribution in [0.25, 0.3) is 0 Å². The van der Waals surface area contributed by atoms with E-state index in [-0.39, 0.29) is 23.6 Å². The van der Waals surface area contributed by atoms with E-state index in [1.807, 2.05) is 0 Å². The SMILES string of the molecule is Cc1cccc(C(=O)NCc2ccc(F)cc2)c1[N+](=O)[O-]. The molecule has 0 aromatic heterocycles. The van der Waals surface area contributed by atoms with Gasteiger partial charge < -0.3 is 5.32 Å². The molecule has 0 spiro atoms. The molecular weight excluding hydrogens is 275 g/mol. The van der Waals surface area contributed by atoms with Gasteiger partial charge in [-0.25, -0.2) is 4.39 Å². The van der Waals surface area contributed by atoms with Crippen molar-refractivity contribution in [2.24, 2.45) is 0 Å². The summed E-state index contributed by atoms with van der Waals surface area (Å²) in [6.45, 7) is 1.75. The maximum Gasteiger partial charge on any atom is 0.285 e. The topological polar surface area (TPSA) is 72.2 Å². The molecule has 6 heteroatoms. The monoisotopic (exact) mass is 288 g/mol. The molecule has 2 aromatic carbocycles. The number of nitrogens with one attached hydrogen (secondary N) is 1. The van der Waals surface area contributed by atoms with Crippen LogP contribution in [0.2, 0.25) is 0 Å². The van der Waals surface area contributed by atoms with E-state index in [2.05, 4.69) is 5.32 Å². The van der Waals surface area contributed by atoms with Crippen molar-refractivity contribution in [3.05, 3.63) is 75.1 Å². The molecular formula is C15H13FN2O3. The van der Waals surface area contributed by atoms with Crippen molar-refractivity contribution in [2.45, 2.75) is 13.5 Å². The van der Waals surface area contributed by atoms with Crippen molar-refractivity contribution in [3.8, 4) is 0 Å². The number of carbonyl (C=O) groups is 1. The Morgan fingerprint density at radius 3 is 2.52 bits per heavy atom. The maximum atomic E-state index is 12.8. The third-order valence-corrected chi connectivity index (χ3v) is 3.03. The molecule has 0 aliphatic rings. The number of halogens is 1. The minimum Gasteiger partial charge on any atom is -0.348 e. The van der Waals surface area contributed by atoms with E-state index >= 15 is 0 Å². The predicted octanol–water partition coefficient (Wildman–Crippen LogP) is 2.97. The number of nitrogens with zero attached hydrogens (tertiary/aromatic N) is 1. The van der Waals surface area contributed by atoms with Crippen LogP contribution in [0.4, 0.5) is 10.1 Å². The normalized spacial score (nSPS) is 10.2.